The van der Waals surface area contributed by atoms with Crippen LogP contribution in [0, 0.1) is 5.92 Å². The molecule has 3 aliphatic rings. The van der Waals surface area contributed by atoms with Crippen LogP contribution in [0.1, 0.15) is 51.5 Å². The van der Waals surface area contributed by atoms with E-state index in [9.17, 15) is 5.02 Å². The molecule has 6 heteroatoms. The Morgan fingerprint density at radius 2 is 2.36 bits per heavy atom. The molecule has 1 saturated carbocycles. The van der Waals surface area contributed by atoms with Crippen LogP contribution in [0.25, 0.3) is 11.0 Å². The van der Waals surface area contributed by atoms with E-state index in [-0.39, 0.29) is 11.1 Å². The number of rotatable bonds is 3. The van der Waals surface area contributed by atoms with Crippen LogP contribution >= 0.6 is 0 Å². The third-order valence-corrected chi connectivity index (χ3v) is 7.05. The highest BCUT2D eigenvalue weighted by Gasteiger charge is 2.63. The zero-order chi connectivity index (χ0) is 17.2. The molecule has 4 heterocycles. The van der Waals surface area contributed by atoms with Crippen LogP contribution < -0.4 is 5.46 Å². The molecule has 3 unspecified atom stereocenters. The van der Waals surface area contributed by atoms with Crippen LogP contribution in [0.5, 0.6) is 0 Å². The van der Waals surface area contributed by atoms with E-state index in [1.807, 2.05) is 6.20 Å². The van der Waals surface area contributed by atoms with Crippen molar-refractivity contribution in [2.75, 3.05) is 13.1 Å². The van der Waals surface area contributed by atoms with Gasteiger partial charge in [-0.25, -0.2) is 4.98 Å². The van der Waals surface area contributed by atoms with Gasteiger partial charge in [-0.3, -0.25) is 4.90 Å². The lowest BCUT2D eigenvalue weighted by molar-refractivity contribution is -0.0851. The number of unbranched alkanes of at least 4 members (excludes halogenated alkanes) is 1. The summed E-state index contributed by atoms with van der Waals surface area (Å²) in [6, 6.07) is 2.08. The average molecular weight is 339 g/mol. The highest BCUT2D eigenvalue weighted by atomic mass is 16.5. The minimum atomic E-state index is -0.851. The average Bonchev–Trinajstić information content (AvgIpc) is 3.29. The van der Waals surface area contributed by atoms with Gasteiger partial charge in [-0.05, 0) is 49.8 Å². The van der Waals surface area contributed by atoms with Crippen LogP contribution in [0.2, 0.25) is 0 Å². The third-order valence-electron chi connectivity index (χ3n) is 7.05. The SMILES string of the molecule is CCCCN1CC(C)C12CCC1(C2)OB(O)c2cnc3[nH]ccc3c21. The predicted octanol–water partition coefficient (Wildman–Crippen LogP) is 2.15. The molecule has 3 atom stereocenters. The maximum absolute atomic E-state index is 10.6. The van der Waals surface area contributed by atoms with Gasteiger partial charge >= 0.3 is 7.12 Å². The molecule has 2 aliphatic heterocycles. The summed E-state index contributed by atoms with van der Waals surface area (Å²) < 4.78 is 6.27. The Morgan fingerprint density at radius 3 is 3.16 bits per heavy atom. The molecule has 5 nitrogen and oxygen atoms in total. The first-order valence-electron chi connectivity index (χ1n) is 9.67. The Labute approximate surface area is 148 Å². The topological polar surface area (TPSA) is 61.4 Å². The Kier molecular flexibility index (Phi) is 3.37. The number of H-pyrrole nitrogens is 1. The van der Waals surface area contributed by atoms with Gasteiger partial charge in [0.25, 0.3) is 0 Å². The molecule has 2 aromatic heterocycles. The summed E-state index contributed by atoms with van der Waals surface area (Å²) in [6.45, 7) is 7.02. The summed E-state index contributed by atoms with van der Waals surface area (Å²) in [4.78, 5) is 10.3. The van der Waals surface area contributed by atoms with E-state index in [1.54, 1.807) is 6.20 Å². The van der Waals surface area contributed by atoms with Gasteiger partial charge in [0.2, 0.25) is 0 Å². The minimum absolute atomic E-state index is 0.238. The number of aromatic nitrogens is 2. The Hall–Kier alpha value is -1.37. The van der Waals surface area contributed by atoms with Crippen molar-refractivity contribution in [1.29, 1.82) is 0 Å². The molecule has 2 spiro atoms. The zero-order valence-electron chi connectivity index (χ0n) is 15.1. The van der Waals surface area contributed by atoms with Gasteiger partial charge in [0.15, 0.2) is 0 Å². The fourth-order valence-electron chi connectivity index (χ4n) is 5.69. The van der Waals surface area contributed by atoms with Crippen molar-refractivity contribution in [3.05, 3.63) is 24.0 Å². The van der Waals surface area contributed by atoms with Crippen LogP contribution in [0.4, 0.5) is 0 Å². The lowest BCUT2D eigenvalue weighted by atomic mass is 9.71. The summed E-state index contributed by atoms with van der Waals surface area (Å²) in [6.07, 6.45) is 9.33. The van der Waals surface area contributed by atoms with Gasteiger partial charge in [-0.2, -0.15) is 0 Å². The second kappa shape index (κ2) is 5.32. The van der Waals surface area contributed by atoms with Gasteiger partial charge < -0.3 is 14.7 Å². The van der Waals surface area contributed by atoms with Crippen LogP contribution in [0.15, 0.2) is 18.5 Å². The summed E-state index contributed by atoms with van der Waals surface area (Å²) in [5, 5.41) is 11.7. The smallest absolute Gasteiger partial charge is 0.423 e. The molecule has 1 aliphatic carbocycles. The first kappa shape index (κ1) is 15.9. The highest BCUT2D eigenvalue weighted by molar-refractivity contribution is 6.62. The Bertz CT molecular complexity index is 824. The third kappa shape index (κ3) is 1.99. The van der Waals surface area contributed by atoms with Gasteiger partial charge in [0, 0.05) is 35.3 Å². The minimum Gasteiger partial charge on any atom is -0.423 e. The Morgan fingerprint density at radius 1 is 1.48 bits per heavy atom. The molecular formula is C19H26BN3O2. The molecule has 2 fully saturated rings. The van der Waals surface area contributed by atoms with E-state index >= 15 is 0 Å². The number of nitrogens with zero attached hydrogens (tertiary/aromatic N) is 2. The molecular weight excluding hydrogens is 313 g/mol. The number of fused-ring (bicyclic) bond motifs is 4. The lowest BCUT2D eigenvalue weighted by Gasteiger charge is -2.57. The van der Waals surface area contributed by atoms with E-state index in [0.29, 0.717) is 5.92 Å². The van der Waals surface area contributed by atoms with Crippen LogP contribution in [-0.4, -0.2) is 45.6 Å². The fourth-order valence-corrected chi connectivity index (χ4v) is 5.69. The molecule has 0 bridgehead atoms. The zero-order valence-corrected chi connectivity index (χ0v) is 15.1. The maximum atomic E-state index is 10.6. The largest absolute Gasteiger partial charge is 0.493 e. The second-order valence-electron chi connectivity index (χ2n) is 8.27. The standard InChI is InChI=1S/C19H26BN3O2/c1-3-4-9-23-11-13(2)18(23)6-7-19(12-18)16-14-5-8-21-17(14)22-10-15(16)20(24)25-19/h5,8,10,13,24H,3-4,6-7,9,11-12H2,1-2H3,(H,21,22). The molecule has 132 valence electrons. The first-order valence-corrected chi connectivity index (χ1v) is 9.67. The van der Waals surface area contributed by atoms with Gasteiger partial charge in [0.05, 0.1) is 5.60 Å². The molecule has 0 radical (unpaired) electrons. The summed E-state index contributed by atoms with van der Waals surface area (Å²) >= 11 is 0. The molecule has 5 rings (SSSR count). The highest BCUT2D eigenvalue weighted by Crippen LogP contribution is 2.58. The Balaban J connectivity index is 1.56. The van der Waals surface area contributed by atoms with Gasteiger partial charge in [-0.1, -0.05) is 20.3 Å². The summed E-state index contributed by atoms with van der Waals surface area (Å²) in [7, 11) is -0.851. The fraction of sp³-hybridized carbons (Fsp3) is 0.632. The van der Waals surface area contributed by atoms with Crippen LogP contribution in [0.3, 0.4) is 0 Å². The number of aromatic amines is 1. The van der Waals surface area contributed by atoms with E-state index in [4.69, 9.17) is 4.65 Å². The van der Waals surface area contributed by atoms with E-state index in [2.05, 4.69) is 34.8 Å². The van der Waals surface area contributed by atoms with E-state index in [1.165, 1.54) is 31.5 Å². The normalized spacial score (nSPS) is 34.4. The molecule has 25 heavy (non-hydrogen) atoms. The number of hydrogen-bond acceptors (Lipinski definition) is 4. The maximum Gasteiger partial charge on any atom is 0.493 e. The van der Waals surface area contributed by atoms with Crippen molar-refractivity contribution >= 4 is 23.6 Å². The van der Waals surface area contributed by atoms with Crippen molar-refractivity contribution in [3.63, 3.8) is 0 Å². The van der Waals surface area contributed by atoms with Crippen molar-refractivity contribution < 1.29 is 9.68 Å². The van der Waals surface area contributed by atoms with Crippen LogP contribution in [-0.2, 0) is 10.3 Å². The number of pyridine rings is 1. The summed E-state index contributed by atoms with van der Waals surface area (Å²) in [5.74, 6) is 0.692. The monoisotopic (exact) mass is 339 g/mol. The molecule has 0 amide bonds. The molecule has 2 aromatic rings. The van der Waals surface area contributed by atoms with E-state index < -0.39 is 7.12 Å². The quantitative estimate of drug-likeness (QED) is 0.842. The summed E-state index contributed by atoms with van der Waals surface area (Å²) in [5.41, 5.74) is 2.80. The van der Waals surface area contributed by atoms with Crippen molar-refractivity contribution in [1.82, 2.24) is 14.9 Å². The van der Waals surface area contributed by atoms with Crippen molar-refractivity contribution in [2.45, 2.75) is 57.1 Å². The van der Waals surface area contributed by atoms with Crippen molar-refractivity contribution in [3.8, 4) is 0 Å². The second-order valence-corrected chi connectivity index (χ2v) is 8.27. The molecule has 2 N–H and O–H groups in total. The molecule has 1 saturated heterocycles. The number of likely N-dealkylation sites (tertiary alicyclic amines) is 1. The lowest BCUT2D eigenvalue weighted by Crippen LogP contribution is -2.65. The number of nitrogens with one attached hydrogen (secondary N) is 1. The van der Waals surface area contributed by atoms with Gasteiger partial charge in [-0.15, -0.1) is 0 Å². The predicted molar refractivity (Wildman–Crippen MR) is 98.7 cm³/mol. The van der Waals surface area contributed by atoms with Gasteiger partial charge in [0.1, 0.15) is 5.65 Å². The van der Waals surface area contributed by atoms with Crippen molar-refractivity contribution in [2.24, 2.45) is 5.92 Å². The van der Waals surface area contributed by atoms with E-state index in [0.717, 1.165) is 35.8 Å². The first-order chi connectivity index (χ1) is 12.1. The number of hydrogen-bond donors (Lipinski definition) is 2. The molecule has 0 aromatic carbocycles.